The molecule has 1 N–H and O–H groups in total. The Morgan fingerprint density at radius 3 is 2.63 bits per heavy atom. The second-order valence-electron chi connectivity index (χ2n) is 4.32. The summed E-state index contributed by atoms with van der Waals surface area (Å²) < 4.78 is 26.2. The Morgan fingerprint density at radius 2 is 2.16 bits per heavy atom. The van der Waals surface area contributed by atoms with Crippen molar-refractivity contribution in [2.75, 3.05) is 13.2 Å². The molecule has 2 rings (SSSR count). The molecule has 1 aromatic carbocycles. The predicted molar refractivity (Wildman–Crippen MR) is 70.2 cm³/mol. The van der Waals surface area contributed by atoms with Crippen molar-refractivity contribution in [1.82, 2.24) is 4.31 Å². The van der Waals surface area contributed by atoms with Crippen molar-refractivity contribution in [3.05, 3.63) is 28.8 Å². The zero-order chi connectivity index (χ0) is 14.0. The molecule has 7 heteroatoms. The lowest BCUT2D eigenvalue weighted by molar-refractivity contribution is 0.250. The van der Waals surface area contributed by atoms with Crippen LogP contribution in [0.1, 0.15) is 18.4 Å². The van der Waals surface area contributed by atoms with Gasteiger partial charge in [0.2, 0.25) is 10.0 Å². The number of hydrogen-bond donors (Lipinski definition) is 1. The third-order valence-electron chi connectivity index (χ3n) is 2.94. The summed E-state index contributed by atoms with van der Waals surface area (Å²) in [6.45, 7) is -0.148. The molecule has 0 saturated heterocycles. The van der Waals surface area contributed by atoms with E-state index in [2.05, 4.69) is 0 Å². The largest absolute Gasteiger partial charge is 0.395 e. The summed E-state index contributed by atoms with van der Waals surface area (Å²) in [4.78, 5) is 0.0526. The Labute approximate surface area is 117 Å². The van der Waals surface area contributed by atoms with Crippen LogP contribution in [-0.4, -0.2) is 37.0 Å². The third-order valence-corrected chi connectivity index (χ3v) is 5.20. The first-order chi connectivity index (χ1) is 9.00. The van der Waals surface area contributed by atoms with Crippen LogP contribution in [0.5, 0.6) is 0 Å². The van der Waals surface area contributed by atoms with Crippen LogP contribution in [0, 0.1) is 11.3 Å². The minimum absolute atomic E-state index is 0.0356. The van der Waals surface area contributed by atoms with E-state index in [1.165, 1.54) is 22.5 Å². The topological polar surface area (TPSA) is 81.4 Å². The maximum Gasteiger partial charge on any atom is 0.243 e. The molecule has 0 atom stereocenters. The van der Waals surface area contributed by atoms with Crippen molar-refractivity contribution in [1.29, 1.82) is 5.26 Å². The second kappa shape index (κ2) is 5.47. The molecule has 0 amide bonds. The molecule has 102 valence electrons. The highest BCUT2D eigenvalue weighted by molar-refractivity contribution is 7.89. The van der Waals surface area contributed by atoms with Crippen molar-refractivity contribution < 1.29 is 13.5 Å². The molecule has 0 bridgehead atoms. The molecule has 0 aromatic heterocycles. The van der Waals surface area contributed by atoms with E-state index in [0.717, 1.165) is 12.8 Å². The lowest BCUT2D eigenvalue weighted by atomic mass is 10.2. The summed E-state index contributed by atoms with van der Waals surface area (Å²) in [5, 5.41) is 17.9. The number of nitriles is 1. The number of nitrogens with zero attached hydrogens (tertiary/aromatic N) is 2. The molecular formula is C12H13ClN2O3S. The Kier molecular flexibility index (Phi) is 4.11. The quantitative estimate of drug-likeness (QED) is 0.890. The van der Waals surface area contributed by atoms with Gasteiger partial charge in [-0.25, -0.2) is 8.42 Å². The van der Waals surface area contributed by atoms with Gasteiger partial charge < -0.3 is 5.11 Å². The van der Waals surface area contributed by atoms with E-state index >= 15 is 0 Å². The van der Waals surface area contributed by atoms with Gasteiger partial charge in [0.05, 0.1) is 22.1 Å². The molecule has 19 heavy (non-hydrogen) atoms. The fourth-order valence-electron chi connectivity index (χ4n) is 1.84. The van der Waals surface area contributed by atoms with Crippen molar-refractivity contribution in [3.8, 4) is 6.07 Å². The highest BCUT2D eigenvalue weighted by atomic mass is 35.5. The molecule has 1 aromatic rings. The smallest absolute Gasteiger partial charge is 0.243 e. The third kappa shape index (κ3) is 2.90. The molecule has 1 fully saturated rings. The highest BCUT2D eigenvalue weighted by Crippen LogP contribution is 2.32. The normalized spacial score (nSPS) is 15.5. The van der Waals surface area contributed by atoms with Crippen LogP contribution in [-0.2, 0) is 10.0 Å². The van der Waals surface area contributed by atoms with E-state index < -0.39 is 10.0 Å². The van der Waals surface area contributed by atoms with Crippen molar-refractivity contribution >= 4 is 21.6 Å². The first kappa shape index (κ1) is 14.3. The predicted octanol–water partition coefficient (Wildman–Crippen LogP) is 1.36. The lowest BCUT2D eigenvalue weighted by Gasteiger charge is -2.21. The van der Waals surface area contributed by atoms with Gasteiger partial charge in [-0.15, -0.1) is 0 Å². The van der Waals surface area contributed by atoms with E-state index in [1.807, 2.05) is 6.07 Å². The van der Waals surface area contributed by atoms with Gasteiger partial charge in [0, 0.05) is 12.6 Å². The number of sulfonamides is 1. The average Bonchev–Trinajstić information content (AvgIpc) is 3.19. The van der Waals surface area contributed by atoms with Gasteiger partial charge in [-0.2, -0.15) is 9.57 Å². The average molecular weight is 301 g/mol. The van der Waals surface area contributed by atoms with Crippen LogP contribution < -0.4 is 0 Å². The fraction of sp³-hybridized carbons (Fsp3) is 0.417. The lowest BCUT2D eigenvalue weighted by Crippen LogP contribution is -2.35. The maximum atomic E-state index is 12.4. The molecule has 0 spiro atoms. The minimum Gasteiger partial charge on any atom is -0.395 e. The van der Waals surface area contributed by atoms with Crippen LogP contribution in [0.3, 0.4) is 0 Å². The van der Waals surface area contributed by atoms with Crippen molar-refractivity contribution in [3.63, 3.8) is 0 Å². The van der Waals surface area contributed by atoms with E-state index in [4.69, 9.17) is 22.0 Å². The van der Waals surface area contributed by atoms with Gasteiger partial charge in [-0.1, -0.05) is 11.6 Å². The summed E-state index contributed by atoms with van der Waals surface area (Å²) in [7, 11) is -3.67. The molecular weight excluding hydrogens is 288 g/mol. The number of benzene rings is 1. The van der Waals surface area contributed by atoms with Crippen LogP contribution in [0.25, 0.3) is 0 Å². The summed E-state index contributed by atoms with van der Waals surface area (Å²) in [6.07, 6.45) is 1.62. The number of aliphatic hydroxyl groups is 1. The van der Waals surface area contributed by atoms with Crippen molar-refractivity contribution in [2.45, 2.75) is 23.8 Å². The summed E-state index contributed by atoms with van der Waals surface area (Å²) in [6, 6.07) is 5.88. The zero-order valence-corrected chi connectivity index (χ0v) is 11.7. The molecule has 0 radical (unpaired) electrons. The number of hydrogen-bond acceptors (Lipinski definition) is 4. The van der Waals surface area contributed by atoms with E-state index in [0.29, 0.717) is 0 Å². The summed E-state index contributed by atoms with van der Waals surface area (Å²) in [5.74, 6) is 0. The Morgan fingerprint density at radius 1 is 1.47 bits per heavy atom. The first-order valence-electron chi connectivity index (χ1n) is 5.83. The Balaban J connectivity index is 2.38. The van der Waals surface area contributed by atoms with E-state index in [-0.39, 0.29) is 34.7 Å². The standard InChI is InChI=1S/C12H13ClN2O3S/c13-12-7-11(4-1-9(12)8-14)19(17,18)15(5-6-16)10-2-3-10/h1,4,7,10,16H,2-3,5-6H2. The van der Waals surface area contributed by atoms with E-state index in [9.17, 15) is 8.42 Å². The molecule has 1 saturated carbocycles. The molecule has 1 aliphatic carbocycles. The molecule has 0 unspecified atom stereocenters. The summed E-state index contributed by atoms with van der Waals surface area (Å²) >= 11 is 5.86. The van der Waals surface area contributed by atoms with Crippen LogP contribution in [0.2, 0.25) is 5.02 Å². The molecule has 1 aliphatic rings. The van der Waals surface area contributed by atoms with Crippen LogP contribution in [0.4, 0.5) is 0 Å². The van der Waals surface area contributed by atoms with Crippen molar-refractivity contribution in [2.24, 2.45) is 0 Å². The number of rotatable bonds is 5. The fourth-order valence-corrected chi connectivity index (χ4v) is 3.83. The van der Waals surface area contributed by atoms with Gasteiger partial charge in [0.1, 0.15) is 6.07 Å². The molecule has 5 nitrogen and oxygen atoms in total. The van der Waals surface area contributed by atoms with Gasteiger partial charge >= 0.3 is 0 Å². The van der Waals surface area contributed by atoms with Gasteiger partial charge in [0.25, 0.3) is 0 Å². The highest BCUT2D eigenvalue weighted by Gasteiger charge is 2.37. The van der Waals surface area contributed by atoms with Gasteiger partial charge in [0.15, 0.2) is 0 Å². The molecule has 0 heterocycles. The van der Waals surface area contributed by atoms with Gasteiger partial charge in [-0.3, -0.25) is 0 Å². The SMILES string of the molecule is N#Cc1ccc(S(=O)(=O)N(CCO)C2CC2)cc1Cl. The van der Waals surface area contributed by atoms with Gasteiger partial charge in [-0.05, 0) is 31.0 Å². The van der Waals surface area contributed by atoms with Crippen LogP contribution >= 0.6 is 11.6 Å². The molecule has 0 aliphatic heterocycles. The second-order valence-corrected chi connectivity index (χ2v) is 6.62. The Bertz CT molecular complexity index is 620. The maximum absolute atomic E-state index is 12.4. The first-order valence-corrected chi connectivity index (χ1v) is 7.65. The number of halogens is 1. The summed E-state index contributed by atoms with van der Waals surface area (Å²) in [5.41, 5.74) is 0.237. The van der Waals surface area contributed by atoms with E-state index in [1.54, 1.807) is 0 Å². The minimum atomic E-state index is -3.67. The monoisotopic (exact) mass is 300 g/mol. The Hall–Kier alpha value is -1.13. The zero-order valence-electron chi connectivity index (χ0n) is 10.1. The van der Waals surface area contributed by atoms with Crippen LogP contribution in [0.15, 0.2) is 23.1 Å². The number of aliphatic hydroxyl groups excluding tert-OH is 1.